The minimum absolute atomic E-state index is 0.180. The quantitative estimate of drug-likeness (QED) is 0.875. The number of ether oxygens (including phenoxy) is 1. The average molecular weight is 277 g/mol. The van der Waals surface area contributed by atoms with Crippen molar-refractivity contribution in [3.8, 4) is 0 Å². The van der Waals surface area contributed by atoms with Crippen LogP contribution in [0.1, 0.15) is 6.42 Å². The first-order valence-corrected chi connectivity index (χ1v) is 6.36. The van der Waals surface area contributed by atoms with E-state index in [1.54, 1.807) is 0 Å². The molecular weight excluding hydrogens is 264 g/mol. The third-order valence-corrected chi connectivity index (χ3v) is 3.34. The van der Waals surface area contributed by atoms with Crippen LogP contribution in [0.25, 0.3) is 10.8 Å². The molecule has 104 valence electrons. The average Bonchev–Trinajstić information content (AvgIpc) is 2.70. The van der Waals surface area contributed by atoms with E-state index in [1.807, 2.05) is 42.5 Å². The third kappa shape index (κ3) is 2.43. The van der Waals surface area contributed by atoms with Crippen LogP contribution in [0.3, 0.4) is 0 Å². The molecular formula is C15H13F2NO2. The van der Waals surface area contributed by atoms with Crippen LogP contribution in [0.5, 0.6) is 0 Å². The van der Waals surface area contributed by atoms with E-state index in [0.29, 0.717) is 0 Å². The van der Waals surface area contributed by atoms with Gasteiger partial charge in [-0.05, 0) is 22.9 Å². The Bertz CT molecular complexity index is 657. The first kappa shape index (κ1) is 12.8. The van der Waals surface area contributed by atoms with Crippen LogP contribution in [-0.4, -0.2) is 24.5 Å². The highest BCUT2D eigenvalue weighted by molar-refractivity contribution is 5.85. The Balaban J connectivity index is 1.67. The van der Waals surface area contributed by atoms with E-state index in [9.17, 15) is 13.6 Å². The number of halogens is 2. The van der Waals surface area contributed by atoms with Gasteiger partial charge in [-0.25, -0.2) is 4.79 Å². The number of alkyl halides is 2. The van der Waals surface area contributed by atoms with Crippen molar-refractivity contribution in [1.29, 1.82) is 0 Å². The summed E-state index contributed by atoms with van der Waals surface area (Å²) in [5.41, 5.74) is 0.815. The van der Waals surface area contributed by atoms with Crippen LogP contribution in [0, 0.1) is 0 Å². The highest BCUT2D eigenvalue weighted by Crippen LogP contribution is 2.31. The maximum absolute atomic E-state index is 13.0. The van der Waals surface area contributed by atoms with E-state index in [-0.39, 0.29) is 6.54 Å². The molecule has 1 aliphatic rings. The molecule has 0 aliphatic carbocycles. The number of esters is 1. The maximum atomic E-state index is 13.0. The summed E-state index contributed by atoms with van der Waals surface area (Å²) in [6.07, 6.45) is -1.35. The molecule has 3 rings (SSSR count). The van der Waals surface area contributed by atoms with Gasteiger partial charge in [-0.1, -0.05) is 30.3 Å². The van der Waals surface area contributed by atoms with Gasteiger partial charge in [0.1, 0.15) is 6.10 Å². The van der Waals surface area contributed by atoms with Gasteiger partial charge in [-0.3, -0.25) is 0 Å². The van der Waals surface area contributed by atoms with Crippen molar-refractivity contribution in [1.82, 2.24) is 0 Å². The summed E-state index contributed by atoms with van der Waals surface area (Å²) in [6.45, 7) is 0.180. The van der Waals surface area contributed by atoms with Gasteiger partial charge in [0.2, 0.25) is 0 Å². The zero-order valence-electron chi connectivity index (χ0n) is 10.6. The fraction of sp³-hybridized carbons (Fsp3) is 0.267. The lowest BCUT2D eigenvalue weighted by molar-refractivity contribution is -0.158. The monoisotopic (exact) mass is 277 g/mol. The summed E-state index contributed by atoms with van der Waals surface area (Å²) < 4.78 is 30.7. The molecule has 1 fully saturated rings. The second-order valence-electron chi connectivity index (χ2n) is 4.88. The molecule has 5 heteroatoms. The molecule has 1 aliphatic heterocycles. The molecule has 1 heterocycles. The predicted octanol–water partition coefficient (Wildman–Crippen LogP) is 3.20. The number of rotatable bonds is 3. The van der Waals surface area contributed by atoms with E-state index < -0.39 is 24.4 Å². The first-order valence-electron chi connectivity index (χ1n) is 6.36. The number of carbonyl (C=O) groups is 1. The van der Waals surface area contributed by atoms with Crippen LogP contribution < -0.4 is 5.32 Å². The van der Waals surface area contributed by atoms with Crippen molar-refractivity contribution in [2.24, 2.45) is 0 Å². The van der Waals surface area contributed by atoms with Crippen molar-refractivity contribution in [3.05, 3.63) is 42.5 Å². The van der Waals surface area contributed by atoms with Gasteiger partial charge in [-0.15, -0.1) is 0 Å². The Morgan fingerprint density at radius 1 is 1.20 bits per heavy atom. The zero-order chi connectivity index (χ0) is 14.2. The molecule has 1 N–H and O–H groups in total. The molecule has 1 unspecified atom stereocenters. The minimum atomic E-state index is -3.35. The van der Waals surface area contributed by atoms with Crippen molar-refractivity contribution in [3.63, 3.8) is 0 Å². The van der Waals surface area contributed by atoms with Crippen LogP contribution >= 0.6 is 0 Å². The van der Waals surface area contributed by atoms with E-state index in [4.69, 9.17) is 0 Å². The maximum Gasteiger partial charge on any atom is 0.377 e. The molecule has 3 nitrogen and oxygen atoms in total. The van der Waals surface area contributed by atoms with Gasteiger partial charge in [0.15, 0.2) is 0 Å². The molecule has 0 saturated carbocycles. The van der Waals surface area contributed by atoms with E-state index in [0.717, 1.165) is 16.5 Å². The number of anilines is 1. The Morgan fingerprint density at radius 3 is 2.65 bits per heavy atom. The van der Waals surface area contributed by atoms with Crippen LogP contribution in [0.15, 0.2) is 42.5 Å². The number of hydrogen-bond donors (Lipinski definition) is 1. The van der Waals surface area contributed by atoms with Gasteiger partial charge < -0.3 is 10.1 Å². The number of cyclic esters (lactones) is 1. The van der Waals surface area contributed by atoms with Crippen LogP contribution in [0.4, 0.5) is 14.5 Å². The van der Waals surface area contributed by atoms with Gasteiger partial charge in [0.25, 0.3) is 0 Å². The molecule has 2 aromatic carbocycles. The summed E-state index contributed by atoms with van der Waals surface area (Å²) >= 11 is 0. The predicted molar refractivity (Wildman–Crippen MR) is 71.9 cm³/mol. The largest absolute Gasteiger partial charge is 0.456 e. The molecule has 0 bridgehead atoms. The molecule has 1 saturated heterocycles. The summed E-state index contributed by atoms with van der Waals surface area (Å²) in [4.78, 5) is 10.9. The highest BCUT2D eigenvalue weighted by Gasteiger charge is 2.50. The summed E-state index contributed by atoms with van der Waals surface area (Å²) in [7, 11) is 0. The van der Waals surface area contributed by atoms with Crippen molar-refractivity contribution < 1.29 is 18.3 Å². The Labute approximate surface area is 114 Å². The van der Waals surface area contributed by atoms with E-state index >= 15 is 0 Å². The lowest BCUT2D eigenvalue weighted by atomic mass is 10.1. The zero-order valence-corrected chi connectivity index (χ0v) is 10.6. The molecule has 2 aromatic rings. The summed E-state index contributed by atoms with van der Waals surface area (Å²) in [5, 5.41) is 5.20. The smallest absolute Gasteiger partial charge is 0.377 e. The molecule has 0 spiro atoms. The van der Waals surface area contributed by atoms with Crippen molar-refractivity contribution >= 4 is 22.4 Å². The number of hydrogen-bond acceptors (Lipinski definition) is 3. The number of carbonyl (C=O) groups excluding carboxylic acids is 1. The van der Waals surface area contributed by atoms with Gasteiger partial charge in [0.05, 0.1) is 13.0 Å². The number of nitrogens with one attached hydrogen (secondary N) is 1. The van der Waals surface area contributed by atoms with Gasteiger partial charge in [-0.2, -0.15) is 8.78 Å². The summed E-state index contributed by atoms with van der Waals surface area (Å²) in [5.74, 6) is -4.78. The molecule has 20 heavy (non-hydrogen) atoms. The third-order valence-electron chi connectivity index (χ3n) is 3.34. The minimum Gasteiger partial charge on any atom is -0.456 e. The van der Waals surface area contributed by atoms with Crippen molar-refractivity contribution in [2.45, 2.75) is 18.4 Å². The van der Waals surface area contributed by atoms with Crippen LogP contribution in [-0.2, 0) is 9.53 Å². The standard InChI is InChI=1S/C15H13F2NO2/c16-15(17)8-13(20-14(15)19)9-18-12-6-5-10-3-1-2-4-11(10)7-12/h1-7,13,18H,8-9H2. The topological polar surface area (TPSA) is 38.3 Å². The Kier molecular flexibility index (Phi) is 3.04. The Morgan fingerprint density at radius 2 is 1.95 bits per heavy atom. The lowest BCUT2D eigenvalue weighted by Crippen LogP contribution is -2.22. The van der Waals surface area contributed by atoms with Gasteiger partial charge in [0, 0.05) is 5.69 Å². The number of fused-ring (bicyclic) bond motifs is 1. The SMILES string of the molecule is O=C1OC(CNc2ccc3ccccc3c2)CC1(F)F. The van der Waals surface area contributed by atoms with Crippen molar-refractivity contribution in [2.75, 3.05) is 11.9 Å². The number of benzene rings is 2. The Hall–Kier alpha value is -2.17. The second-order valence-corrected chi connectivity index (χ2v) is 4.88. The molecule has 0 radical (unpaired) electrons. The summed E-state index contributed by atoms with van der Waals surface area (Å²) in [6, 6.07) is 13.6. The molecule has 0 amide bonds. The normalized spacial score (nSPS) is 20.9. The first-order chi connectivity index (χ1) is 9.54. The molecule has 1 atom stereocenters. The second kappa shape index (κ2) is 4.74. The molecule has 0 aromatic heterocycles. The van der Waals surface area contributed by atoms with Crippen LogP contribution in [0.2, 0.25) is 0 Å². The van der Waals surface area contributed by atoms with E-state index in [2.05, 4.69) is 10.1 Å². The van der Waals surface area contributed by atoms with E-state index in [1.165, 1.54) is 0 Å². The lowest BCUT2D eigenvalue weighted by Gasteiger charge is -2.11. The van der Waals surface area contributed by atoms with Gasteiger partial charge >= 0.3 is 11.9 Å². The fourth-order valence-corrected chi connectivity index (χ4v) is 2.29. The highest BCUT2D eigenvalue weighted by atomic mass is 19.3. The fourth-order valence-electron chi connectivity index (χ4n) is 2.29.